The molecule has 0 spiro atoms. The Labute approximate surface area is 142 Å². The quantitative estimate of drug-likeness (QED) is 0.639. The van der Waals surface area contributed by atoms with E-state index >= 15 is 0 Å². The second kappa shape index (κ2) is 7.47. The Hall–Kier alpha value is -3.36. The highest BCUT2D eigenvalue weighted by molar-refractivity contribution is 5.94. The summed E-state index contributed by atoms with van der Waals surface area (Å²) in [6, 6.07) is 4.86. The molecular weight excluding hydrogens is 324 g/mol. The van der Waals surface area contributed by atoms with Crippen LogP contribution < -0.4 is 5.32 Å². The molecule has 0 aromatic carbocycles. The maximum absolute atomic E-state index is 12.1. The van der Waals surface area contributed by atoms with E-state index in [-0.39, 0.29) is 18.2 Å². The largest absolute Gasteiger partial charge is 0.461 e. The zero-order valence-corrected chi connectivity index (χ0v) is 13.5. The predicted octanol–water partition coefficient (Wildman–Crippen LogP) is 0.897. The van der Waals surface area contributed by atoms with Gasteiger partial charge in [-0.25, -0.2) is 19.7 Å². The van der Waals surface area contributed by atoms with Crippen LogP contribution in [0.2, 0.25) is 0 Å². The fourth-order valence-corrected chi connectivity index (χ4v) is 2.17. The van der Waals surface area contributed by atoms with Gasteiger partial charge in [0.1, 0.15) is 17.0 Å². The first-order chi connectivity index (χ1) is 12.2. The van der Waals surface area contributed by atoms with Crippen molar-refractivity contribution in [3.8, 4) is 0 Å². The average Bonchev–Trinajstić information content (AvgIpc) is 3.10. The number of nitrogens with zero attached hydrogens (tertiary/aromatic N) is 4. The fraction of sp³-hybridized carbons (Fsp3) is 0.250. The summed E-state index contributed by atoms with van der Waals surface area (Å²) in [4.78, 5) is 36.2. The van der Waals surface area contributed by atoms with E-state index < -0.39 is 5.97 Å². The van der Waals surface area contributed by atoms with Gasteiger partial charge in [0.15, 0.2) is 5.69 Å². The average molecular weight is 340 g/mol. The second-order valence-electron chi connectivity index (χ2n) is 5.08. The van der Waals surface area contributed by atoms with Crippen molar-refractivity contribution < 1.29 is 14.3 Å². The van der Waals surface area contributed by atoms with Crippen LogP contribution in [0.25, 0.3) is 11.0 Å². The number of carbonyl (C=O) groups excluding carboxylic acids is 2. The zero-order valence-electron chi connectivity index (χ0n) is 13.5. The molecule has 0 saturated carbocycles. The number of ether oxygens (including phenoxy) is 1. The van der Waals surface area contributed by atoms with E-state index in [9.17, 15) is 9.59 Å². The monoisotopic (exact) mass is 340 g/mol. The normalized spacial score (nSPS) is 10.6. The first kappa shape index (κ1) is 16.5. The minimum absolute atomic E-state index is 0.199. The summed E-state index contributed by atoms with van der Waals surface area (Å²) in [5.74, 6) is -0.346. The molecule has 3 heterocycles. The highest BCUT2D eigenvalue weighted by Crippen LogP contribution is 2.08. The Morgan fingerprint density at radius 3 is 2.92 bits per heavy atom. The van der Waals surface area contributed by atoms with Crippen molar-refractivity contribution in [2.45, 2.75) is 13.3 Å². The van der Waals surface area contributed by atoms with Crippen LogP contribution in [0.15, 0.2) is 30.6 Å². The smallest absolute Gasteiger partial charge is 0.357 e. The lowest BCUT2D eigenvalue weighted by Gasteiger charge is -2.05. The maximum atomic E-state index is 12.1. The Bertz CT molecular complexity index is 908. The lowest BCUT2D eigenvalue weighted by atomic mass is 10.3. The first-order valence-electron chi connectivity index (χ1n) is 7.74. The molecule has 3 rings (SSSR count). The molecule has 0 aliphatic carbocycles. The molecule has 128 valence electrons. The number of aromatic nitrogens is 5. The fourth-order valence-electron chi connectivity index (χ4n) is 2.17. The predicted molar refractivity (Wildman–Crippen MR) is 87.9 cm³/mol. The molecule has 25 heavy (non-hydrogen) atoms. The first-order valence-corrected chi connectivity index (χ1v) is 7.74. The van der Waals surface area contributed by atoms with Gasteiger partial charge in [-0.05, 0) is 25.1 Å². The number of fused-ring (bicyclic) bond motifs is 1. The minimum atomic E-state index is -0.493. The van der Waals surface area contributed by atoms with Crippen molar-refractivity contribution in [3.63, 3.8) is 0 Å². The number of nitrogens with one attached hydrogen (secondary N) is 2. The molecule has 0 fully saturated rings. The number of hydrogen-bond acceptors (Lipinski definition) is 7. The molecule has 3 aromatic heterocycles. The molecule has 0 atom stereocenters. The van der Waals surface area contributed by atoms with Crippen molar-refractivity contribution in [1.82, 2.24) is 30.5 Å². The van der Waals surface area contributed by atoms with Crippen LogP contribution in [0.5, 0.6) is 0 Å². The van der Waals surface area contributed by atoms with Crippen molar-refractivity contribution in [2.75, 3.05) is 13.2 Å². The standard InChI is InChI=1S/C16H16N6O3/c1-2-25-16(24)12-5-7-17-14(21-12)6-8-18-15(23)11-4-3-10-13(20-11)9-19-22-10/h3-5,7,9H,2,6,8H2,1H3,(H,18,23)(H,19,22). The second-order valence-corrected chi connectivity index (χ2v) is 5.08. The molecular formula is C16H16N6O3. The van der Waals surface area contributed by atoms with Crippen LogP contribution >= 0.6 is 0 Å². The lowest BCUT2D eigenvalue weighted by Crippen LogP contribution is -2.27. The van der Waals surface area contributed by atoms with Crippen LogP contribution in [0, 0.1) is 0 Å². The third-order valence-corrected chi connectivity index (χ3v) is 3.35. The van der Waals surface area contributed by atoms with Gasteiger partial charge in [-0.3, -0.25) is 9.89 Å². The summed E-state index contributed by atoms with van der Waals surface area (Å²) in [6.07, 6.45) is 3.43. The van der Waals surface area contributed by atoms with Crippen LogP contribution in [0.1, 0.15) is 33.7 Å². The van der Waals surface area contributed by atoms with Gasteiger partial charge in [-0.1, -0.05) is 0 Å². The van der Waals surface area contributed by atoms with Crippen molar-refractivity contribution in [2.24, 2.45) is 0 Å². The number of hydrogen-bond donors (Lipinski definition) is 2. The maximum Gasteiger partial charge on any atom is 0.357 e. The number of carbonyl (C=O) groups is 2. The van der Waals surface area contributed by atoms with E-state index in [2.05, 4.69) is 30.5 Å². The number of rotatable bonds is 6. The van der Waals surface area contributed by atoms with Crippen molar-refractivity contribution in [3.05, 3.63) is 47.8 Å². The van der Waals surface area contributed by atoms with Gasteiger partial charge in [-0.2, -0.15) is 5.10 Å². The Kier molecular flexibility index (Phi) is 4.93. The number of aromatic amines is 1. The van der Waals surface area contributed by atoms with E-state index in [0.717, 1.165) is 5.52 Å². The van der Waals surface area contributed by atoms with Gasteiger partial charge in [0, 0.05) is 19.2 Å². The Morgan fingerprint density at radius 2 is 2.08 bits per heavy atom. The molecule has 0 bridgehead atoms. The van der Waals surface area contributed by atoms with Gasteiger partial charge < -0.3 is 10.1 Å². The molecule has 3 aromatic rings. The zero-order chi connectivity index (χ0) is 17.6. The highest BCUT2D eigenvalue weighted by Gasteiger charge is 2.11. The Morgan fingerprint density at radius 1 is 1.20 bits per heavy atom. The summed E-state index contributed by atoms with van der Waals surface area (Å²) in [6.45, 7) is 2.32. The molecule has 9 nitrogen and oxygen atoms in total. The molecule has 0 aliphatic rings. The summed E-state index contributed by atoms with van der Waals surface area (Å²) in [5, 5.41) is 9.39. The van der Waals surface area contributed by atoms with Gasteiger partial charge >= 0.3 is 5.97 Å². The van der Waals surface area contributed by atoms with E-state index in [4.69, 9.17) is 4.74 Å². The number of H-pyrrole nitrogens is 1. The number of amides is 1. The molecule has 0 radical (unpaired) electrons. The van der Waals surface area contributed by atoms with Crippen LogP contribution in [-0.4, -0.2) is 50.2 Å². The van der Waals surface area contributed by atoms with Crippen LogP contribution in [0.3, 0.4) is 0 Å². The minimum Gasteiger partial charge on any atom is -0.461 e. The van der Waals surface area contributed by atoms with E-state index in [0.29, 0.717) is 30.0 Å². The summed E-state index contributed by atoms with van der Waals surface area (Å²) >= 11 is 0. The van der Waals surface area contributed by atoms with Crippen molar-refractivity contribution in [1.29, 1.82) is 0 Å². The molecule has 0 saturated heterocycles. The Balaban J connectivity index is 1.58. The number of pyridine rings is 1. The highest BCUT2D eigenvalue weighted by atomic mass is 16.5. The van der Waals surface area contributed by atoms with Gasteiger partial charge in [0.05, 0.1) is 18.3 Å². The van der Waals surface area contributed by atoms with Gasteiger partial charge in [0.25, 0.3) is 5.91 Å². The topological polar surface area (TPSA) is 123 Å². The molecule has 2 N–H and O–H groups in total. The SMILES string of the molecule is CCOC(=O)c1ccnc(CCNC(=O)c2ccc3[nH]ncc3n2)n1. The molecule has 0 unspecified atom stereocenters. The van der Waals surface area contributed by atoms with E-state index in [1.807, 2.05) is 0 Å². The molecule has 1 amide bonds. The van der Waals surface area contributed by atoms with Crippen LogP contribution in [0.4, 0.5) is 0 Å². The third-order valence-electron chi connectivity index (χ3n) is 3.35. The summed E-state index contributed by atoms with van der Waals surface area (Å²) < 4.78 is 4.90. The van der Waals surface area contributed by atoms with Gasteiger partial charge in [0.2, 0.25) is 0 Å². The lowest BCUT2D eigenvalue weighted by molar-refractivity contribution is 0.0518. The summed E-state index contributed by atoms with van der Waals surface area (Å²) in [5.41, 5.74) is 1.89. The third kappa shape index (κ3) is 3.94. The summed E-state index contributed by atoms with van der Waals surface area (Å²) in [7, 11) is 0. The van der Waals surface area contributed by atoms with E-state index in [1.54, 1.807) is 25.3 Å². The number of esters is 1. The van der Waals surface area contributed by atoms with Crippen LogP contribution in [-0.2, 0) is 11.2 Å². The van der Waals surface area contributed by atoms with Crippen molar-refractivity contribution >= 4 is 22.9 Å². The van der Waals surface area contributed by atoms with E-state index in [1.165, 1.54) is 12.3 Å². The van der Waals surface area contributed by atoms with Gasteiger partial charge in [-0.15, -0.1) is 0 Å². The molecule has 0 aliphatic heterocycles. The molecule has 9 heteroatoms.